The Labute approximate surface area is 69.5 Å². The summed E-state index contributed by atoms with van der Waals surface area (Å²) in [7, 11) is 1.95. The summed E-state index contributed by atoms with van der Waals surface area (Å²) in [6, 6.07) is 0.395. The lowest BCUT2D eigenvalue weighted by atomic mass is 10.1. The van der Waals surface area contributed by atoms with Gasteiger partial charge in [0.2, 0.25) is 0 Å². The molecule has 0 fully saturated rings. The van der Waals surface area contributed by atoms with Crippen LogP contribution >= 0.6 is 0 Å². The molecule has 0 aromatic heterocycles. The fraction of sp³-hybridized carbons (Fsp3) is 0.400. The molecule has 62 valence electrons. The van der Waals surface area contributed by atoms with Gasteiger partial charge in [-0.15, -0.1) is 0 Å². The predicted octanol–water partition coefficient (Wildman–Crippen LogP) is 2.28. The van der Waals surface area contributed by atoms with Crippen molar-refractivity contribution in [1.29, 1.82) is 0 Å². The van der Waals surface area contributed by atoms with Crippen LogP contribution in [0.4, 0.5) is 0 Å². The zero-order valence-electron chi connectivity index (χ0n) is 7.43. The highest BCUT2D eigenvalue weighted by Gasteiger charge is 2.02. The van der Waals surface area contributed by atoms with E-state index in [1.54, 1.807) is 6.08 Å². The summed E-state index contributed by atoms with van der Waals surface area (Å²) in [5.74, 6) is 0. The Balaban J connectivity index is 3.98. The van der Waals surface area contributed by atoms with Crippen molar-refractivity contribution in [1.82, 2.24) is 5.32 Å². The monoisotopic (exact) mass is 151 g/mol. The van der Waals surface area contributed by atoms with Gasteiger partial charge in [-0.1, -0.05) is 38.3 Å². The number of nitrogens with one attached hydrogen (secondary N) is 1. The normalized spacial score (nSPS) is 13.3. The van der Waals surface area contributed by atoms with Gasteiger partial charge in [-0.25, -0.2) is 0 Å². The summed E-state index contributed by atoms with van der Waals surface area (Å²) in [6.07, 6.45) is 6.71. The van der Waals surface area contributed by atoms with Crippen molar-refractivity contribution >= 4 is 0 Å². The van der Waals surface area contributed by atoms with Crippen LogP contribution in [0.15, 0.2) is 37.0 Å². The van der Waals surface area contributed by atoms with Gasteiger partial charge in [0.25, 0.3) is 0 Å². The maximum atomic E-state index is 3.94. The van der Waals surface area contributed by atoms with E-state index < -0.39 is 0 Å². The molecule has 0 aliphatic heterocycles. The third kappa shape index (κ3) is 3.79. The first-order chi connectivity index (χ1) is 5.26. The first-order valence-corrected chi connectivity index (χ1v) is 3.91. The van der Waals surface area contributed by atoms with Crippen LogP contribution in [0.25, 0.3) is 0 Å². The van der Waals surface area contributed by atoms with Crippen molar-refractivity contribution in [3.8, 4) is 0 Å². The Bertz CT molecular complexity index is 152. The van der Waals surface area contributed by atoms with Crippen LogP contribution in [-0.4, -0.2) is 13.1 Å². The van der Waals surface area contributed by atoms with Gasteiger partial charge in [-0.05, 0) is 19.0 Å². The molecule has 0 aromatic rings. The molecule has 0 saturated heterocycles. The fourth-order valence-electron chi connectivity index (χ4n) is 0.960. The molecule has 1 heteroatoms. The molecule has 0 aliphatic rings. The van der Waals surface area contributed by atoms with E-state index in [0.717, 1.165) is 12.0 Å². The molecule has 1 atom stereocenters. The number of likely N-dealkylation sites (N-methyl/N-ethyl adjacent to an activating group) is 1. The molecule has 1 N–H and O–H groups in total. The van der Waals surface area contributed by atoms with Gasteiger partial charge in [0.15, 0.2) is 0 Å². The number of hydrogen-bond donors (Lipinski definition) is 1. The van der Waals surface area contributed by atoms with Crippen molar-refractivity contribution in [3.63, 3.8) is 0 Å². The summed E-state index contributed by atoms with van der Waals surface area (Å²) in [4.78, 5) is 0. The maximum absolute atomic E-state index is 3.94. The van der Waals surface area contributed by atoms with E-state index in [9.17, 15) is 0 Å². The van der Waals surface area contributed by atoms with Crippen LogP contribution in [0.2, 0.25) is 0 Å². The Hall–Kier alpha value is -0.820. The third-order valence-electron chi connectivity index (χ3n) is 1.65. The van der Waals surface area contributed by atoms with Crippen molar-refractivity contribution in [2.24, 2.45) is 0 Å². The summed E-state index contributed by atoms with van der Waals surface area (Å²) in [5.41, 5.74) is 1.11. The molecular weight excluding hydrogens is 134 g/mol. The second-order valence-corrected chi connectivity index (χ2v) is 2.42. The number of allylic oxidation sites excluding steroid dienone is 2. The zero-order valence-corrected chi connectivity index (χ0v) is 7.43. The number of hydrogen-bond acceptors (Lipinski definition) is 1. The van der Waals surface area contributed by atoms with Crippen molar-refractivity contribution in [2.45, 2.75) is 19.4 Å². The molecule has 0 spiro atoms. The molecule has 0 aliphatic carbocycles. The second-order valence-electron chi connectivity index (χ2n) is 2.42. The fourth-order valence-corrected chi connectivity index (χ4v) is 0.960. The van der Waals surface area contributed by atoms with Crippen LogP contribution < -0.4 is 5.32 Å². The van der Waals surface area contributed by atoms with Gasteiger partial charge in [0, 0.05) is 6.04 Å². The molecule has 0 amide bonds. The Morgan fingerprint density at radius 2 is 2.27 bits per heavy atom. The highest BCUT2D eigenvalue weighted by Crippen LogP contribution is 2.04. The van der Waals surface area contributed by atoms with E-state index in [1.165, 1.54) is 0 Å². The maximum Gasteiger partial charge on any atom is 0.0309 e. The highest BCUT2D eigenvalue weighted by molar-refractivity contribution is 5.23. The largest absolute Gasteiger partial charge is 0.313 e. The summed E-state index contributed by atoms with van der Waals surface area (Å²) >= 11 is 0. The molecular formula is C10H17N. The first kappa shape index (κ1) is 10.2. The lowest BCUT2D eigenvalue weighted by Gasteiger charge is -2.13. The van der Waals surface area contributed by atoms with E-state index in [1.807, 2.05) is 19.2 Å². The second kappa shape index (κ2) is 5.93. The predicted molar refractivity (Wildman–Crippen MR) is 51.6 cm³/mol. The van der Waals surface area contributed by atoms with E-state index in [-0.39, 0.29) is 0 Å². The Morgan fingerprint density at radius 1 is 1.64 bits per heavy atom. The average molecular weight is 151 g/mol. The van der Waals surface area contributed by atoms with Crippen molar-refractivity contribution in [2.75, 3.05) is 7.05 Å². The molecule has 0 heterocycles. The Kier molecular flexibility index (Phi) is 5.49. The molecule has 11 heavy (non-hydrogen) atoms. The number of rotatable bonds is 5. The van der Waals surface area contributed by atoms with Crippen molar-refractivity contribution in [3.05, 3.63) is 37.0 Å². The van der Waals surface area contributed by atoms with E-state index in [2.05, 4.69) is 25.4 Å². The molecule has 0 aromatic carbocycles. The van der Waals surface area contributed by atoms with Gasteiger partial charge in [-0.2, -0.15) is 0 Å². The molecule has 0 bridgehead atoms. The average Bonchev–Trinajstić information content (AvgIpc) is 2.03. The zero-order chi connectivity index (χ0) is 8.69. The summed E-state index contributed by atoms with van der Waals surface area (Å²) in [6.45, 7) is 9.67. The van der Waals surface area contributed by atoms with Gasteiger partial charge in [0.1, 0.15) is 0 Å². The van der Waals surface area contributed by atoms with E-state index in [4.69, 9.17) is 0 Å². The Morgan fingerprint density at radius 3 is 2.64 bits per heavy atom. The van der Waals surface area contributed by atoms with Crippen LogP contribution in [0.5, 0.6) is 0 Å². The standard InChI is InChI=1S/C10H17N/c1-5-7-8-9(3)10(6-2)11-4/h5,7-8,10-11H,1,3,6H2,2,4H3/b8-7-. The topological polar surface area (TPSA) is 12.0 Å². The van der Waals surface area contributed by atoms with Crippen LogP contribution in [0.1, 0.15) is 13.3 Å². The summed E-state index contributed by atoms with van der Waals surface area (Å²) < 4.78 is 0. The molecule has 0 rings (SSSR count). The summed E-state index contributed by atoms with van der Waals surface area (Å²) in [5, 5.41) is 3.18. The molecule has 0 saturated carbocycles. The molecule has 1 unspecified atom stereocenters. The van der Waals surface area contributed by atoms with Crippen molar-refractivity contribution < 1.29 is 0 Å². The van der Waals surface area contributed by atoms with Gasteiger partial charge in [0.05, 0.1) is 0 Å². The lowest BCUT2D eigenvalue weighted by molar-refractivity contribution is 0.629. The quantitative estimate of drug-likeness (QED) is 0.594. The minimum Gasteiger partial charge on any atom is -0.313 e. The van der Waals surface area contributed by atoms with Gasteiger partial charge < -0.3 is 5.32 Å². The van der Waals surface area contributed by atoms with Gasteiger partial charge in [-0.3, -0.25) is 0 Å². The van der Waals surface area contributed by atoms with E-state index in [0.29, 0.717) is 6.04 Å². The molecule has 1 nitrogen and oxygen atoms in total. The lowest BCUT2D eigenvalue weighted by Crippen LogP contribution is -2.25. The SMILES string of the molecule is C=C/C=C\C(=C)C(CC)NC. The van der Waals surface area contributed by atoms with Crippen LogP contribution in [-0.2, 0) is 0 Å². The van der Waals surface area contributed by atoms with Gasteiger partial charge >= 0.3 is 0 Å². The highest BCUT2D eigenvalue weighted by atomic mass is 14.9. The minimum absolute atomic E-state index is 0.395. The molecule has 0 radical (unpaired) electrons. The third-order valence-corrected chi connectivity index (χ3v) is 1.65. The van der Waals surface area contributed by atoms with E-state index >= 15 is 0 Å². The first-order valence-electron chi connectivity index (χ1n) is 3.91. The van der Waals surface area contributed by atoms with Crippen LogP contribution in [0, 0.1) is 0 Å². The smallest absolute Gasteiger partial charge is 0.0309 e. The minimum atomic E-state index is 0.395. The van der Waals surface area contributed by atoms with Crippen LogP contribution in [0.3, 0.4) is 0 Å².